The van der Waals surface area contributed by atoms with E-state index in [1.807, 2.05) is 18.2 Å². The first-order valence-electron chi connectivity index (χ1n) is 8.61. The number of carbonyl (C=O) groups excluding carboxylic acids is 1. The van der Waals surface area contributed by atoms with Gasteiger partial charge in [0.2, 0.25) is 5.91 Å². The number of aromatic nitrogens is 2. The zero-order valence-corrected chi connectivity index (χ0v) is 14.7. The van der Waals surface area contributed by atoms with E-state index in [1.165, 1.54) is 16.6 Å². The molecule has 0 aliphatic rings. The van der Waals surface area contributed by atoms with Crippen molar-refractivity contribution in [3.05, 3.63) is 71.8 Å². The van der Waals surface area contributed by atoms with Crippen LogP contribution in [-0.2, 0) is 24.1 Å². The zero-order chi connectivity index (χ0) is 18.1. The minimum Gasteiger partial charge on any atom is -0.370 e. The molecule has 0 atom stereocenters. The first kappa shape index (κ1) is 18.7. The van der Waals surface area contributed by atoms with E-state index in [-0.39, 0.29) is 5.91 Å². The van der Waals surface area contributed by atoms with Gasteiger partial charge in [-0.2, -0.15) is 0 Å². The molecule has 1 amide bonds. The molecule has 25 heavy (non-hydrogen) atoms. The van der Waals surface area contributed by atoms with Crippen molar-refractivity contribution in [3.8, 4) is 0 Å². The van der Waals surface area contributed by atoms with Crippen molar-refractivity contribution in [2.75, 3.05) is 6.54 Å². The number of fused-ring (bicyclic) bond motifs is 1. The Morgan fingerprint density at radius 3 is 2.60 bits per heavy atom. The Balaban J connectivity index is 0.000000186. The monoisotopic (exact) mass is 338 g/mol. The number of hydrogen-bond donors (Lipinski definition) is 2. The second kappa shape index (κ2) is 9.59. The molecule has 5 nitrogen and oxygen atoms in total. The van der Waals surface area contributed by atoms with E-state index in [1.54, 1.807) is 6.20 Å². The number of carbonyl (C=O) groups is 1. The number of primary amides is 1. The number of nitrogens with two attached hydrogens (primary N) is 2. The van der Waals surface area contributed by atoms with Crippen molar-refractivity contribution in [3.63, 3.8) is 0 Å². The fraction of sp³-hybridized carbons (Fsp3) is 0.300. The van der Waals surface area contributed by atoms with Crippen LogP contribution in [0.5, 0.6) is 0 Å². The molecule has 0 radical (unpaired) electrons. The highest BCUT2D eigenvalue weighted by atomic mass is 16.1. The molecule has 3 heterocycles. The van der Waals surface area contributed by atoms with E-state index in [0.29, 0.717) is 12.8 Å². The molecule has 132 valence electrons. The number of nitrogens with zero attached hydrogens (tertiary/aromatic N) is 2. The van der Waals surface area contributed by atoms with Crippen molar-refractivity contribution < 1.29 is 4.79 Å². The van der Waals surface area contributed by atoms with Crippen LogP contribution in [0.2, 0.25) is 0 Å². The van der Waals surface area contributed by atoms with Gasteiger partial charge < -0.3 is 15.9 Å². The maximum atomic E-state index is 10.4. The molecule has 0 unspecified atom stereocenters. The van der Waals surface area contributed by atoms with E-state index >= 15 is 0 Å². The van der Waals surface area contributed by atoms with Crippen LogP contribution in [0.4, 0.5) is 0 Å². The zero-order valence-electron chi connectivity index (χ0n) is 14.7. The van der Waals surface area contributed by atoms with E-state index < -0.39 is 0 Å². The Kier molecular flexibility index (Phi) is 7.16. The van der Waals surface area contributed by atoms with Crippen LogP contribution in [0.3, 0.4) is 0 Å². The Morgan fingerprint density at radius 1 is 1.16 bits per heavy atom. The first-order chi connectivity index (χ1) is 12.2. The van der Waals surface area contributed by atoms with Crippen LogP contribution in [0.1, 0.15) is 30.2 Å². The molecule has 3 aromatic heterocycles. The van der Waals surface area contributed by atoms with Gasteiger partial charge in [0, 0.05) is 36.2 Å². The molecule has 0 aliphatic carbocycles. The van der Waals surface area contributed by atoms with Gasteiger partial charge in [-0.15, -0.1) is 0 Å². The van der Waals surface area contributed by atoms with Gasteiger partial charge in [-0.3, -0.25) is 9.78 Å². The number of hydrogen-bond acceptors (Lipinski definition) is 3. The molecule has 0 saturated carbocycles. The van der Waals surface area contributed by atoms with Crippen molar-refractivity contribution in [1.82, 2.24) is 9.38 Å². The normalized spacial score (nSPS) is 10.3. The minimum absolute atomic E-state index is 0.282. The lowest BCUT2D eigenvalue weighted by atomic mass is 10.1. The highest BCUT2D eigenvalue weighted by Crippen LogP contribution is 2.19. The predicted octanol–water partition coefficient (Wildman–Crippen LogP) is 2.50. The van der Waals surface area contributed by atoms with E-state index in [9.17, 15) is 4.79 Å². The lowest BCUT2D eigenvalue weighted by Crippen LogP contribution is -2.11. The summed E-state index contributed by atoms with van der Waals surface area (Å²) >= 11 is 0. The van der Waals surface area contributed by atoms with Gasteiger partial charge in [0.1, 0.15) is 0 Å². The summed E-state index contributed by atoms with van der Waals surface area (Å²) in [6.45, 7) is 2.91. The maximum absolute atomic E-state index is 10.4. The van der Waals surface area contributed by atoms with Gasteiger partial charge in [-0.05, 0) is 61.2 Å². The number of amides is 1. The van der Waals surface area contributed by atoms with Crippen LogP contribution in [0, 0.1) is 0 Å². The van der Waals surface area contributed by atoms with E-state index in [4.69, 9.17) is 11.5 Å². The molecule has 0 aliphatic heterocycles. The van der Waals surface area contributed by atoms with E-state index in [0.717, 1.165) is 25.1 Å². The van der Waals surface area contributed by atoms with Crippen molar-refractivity contribution in [1.29, 1.82) is 0 Å². The smallest absolute Gasteiger partial charge is 0.217 e. The minimum atomic E-state index is -0.282. The second-order valence-electron chi connectivity index (χ2n) is 5.81. The molecule has 0 spiro atoms. The highest BCUT2D eigenvalue weighted by molar-refractivity contribution is 5.73. The molecular weight excluding hydrogens is 312 g/mol. The summed E-state index contributed by atoms with van der Waals surface area (Å²) in [5.41, 5.74) is 15.6. The Labute approximate surface area is 148 Å². The summed E-state index contributed by atoms with van der Waals surface area (Å²) in [5.74, 6) is -0.282. The number of rotatable bonds is 6. The average molecular weight is 338 g/mol. The Hall–Kier alpha value is -2.66. The van der Waals surface area contributed by atoms with E-state index in [2.05, 4.69) is 46.9 Å². The van der Waals surface area contributed by atoms with Gasteiger partial charge in [-0.25, -0.2) is 0 Å². The fourth-order valence-corrected chi connectivity index (χ4v) is 2.77. The quantitative estimate of drug-likeness (QED) is 0.724. The third kappa shape index (κ3) is 5.43. The lowest BCUT2D eigenvalue weighted by molar-refractivity contribution is -0.118. The van der Waals surface area contributed by atoms with Crippen molar-refractivity contribution in [2.45, 2.75) is 32.6 Å². The average Bonchev–Trinajstić information content (AvgIpc) is 3.00. The molecule has 4 N–H and O–H groups in total. The van der Waals surface area contributed by atoms with Gasteiger partial charge in [0.05, 0.1) is 0 Å². The summed E-state index contributed by atoms with van der Waals surface area (Å²) in [7, 11) is 0. The molecule has 0 fully saturated rings. The SMILES string of the molecule is CCc1cn2ccccc2c1CCN.NC(=O)CCc1ccccn1. The largest absolute Gasteiger partial charge is 0.370 e. The van der Waals surface area contributed by atoms with Crippen LogP contribution < -0.4 is 11.5 Å². The second-order valence-corrected chi connectivity index (χ2v) is 5.81. The molecule has 0 aromatic carbocycles. The third-order valence-electron chi connectivity index (χ3n) is 4.01. The predicted molar refractivity (Wildman–Crippen MR) is 101 cm³/mol. The first-order valence-corrected chi connectivity index (χ1v) is 8.61. The van der Waals surface area contributed by atoms with Crippen LogP contribution in [0.15, 0.2) is 55.0 Å². The van der Waals surface area contributed by atoms with Gasteiger partial charge in [-0.1, -0.05) is 19.1 Å². The number of aryl methyl sites for hydroxylation is 2. The molecule has 0 bridgehead atoms. The van der Waals surface area contributed by atoms with Gasteiger partial charge in [0.15, 0.2) is 0 Å². The summed E-state index contributed by atoms with van der Waals surface area (Å²) in [6.07, 6.45) is 9.07. The Bertz CT molecular complexity index is 796. The van der Waals surface area contributed by atoms with Crippen LogP contribution in [-0.4, -0.2) is 21.8 Å². The van der Waals surface area contributed by atoms with Gasteiger partial charge >= 0.3 is 0 Å². The Morgan fingerprint density at radius 2 is 1.96 bits per heavy atom. The maximum Gasteiger partial charge on any atom is 0.217 e. The van der Waals surface area contributed by atoms with Gasteiger partial charge in [0.25, 0.3) is 0 Å². The summed E-state index contributed by atoms with van der Waals surface area (Å²) in [4.78, 5) is 14.4. The highest BCUT2D eigenvalue weighted by Gasteiger charge is 2.07. The lowest BCUT2D eigenvalue weighted by Gasteiger charge is -2.00. The van der Waals surface area contributed by atoms with Crippen LogP contribution >= 0.6 is 0 Å². The van der Waals surface area contributed by atoms with Crippen molar-refractivity contribution in [2.24, 2.45) is 11.5 Å². The third-order valence-corrected chi connectivity index (χ3v) is 4.01. The summed E-state index contributed by atoms with van der Waals surface area (Å²) in [5, 5.41) is 0. The molecule has 5 heteroatoms. The molecule has 0 saturated heterocycles. The molecular formula is C20H26N4O. The summed E-state index contributed by atoms with van der Waals surface area (Å²) < 4.78 is 2.18. The summed E-state index contributed by atoms with van der Waals surface area (Å²) in [6, 6.07) is 11.9. The van der Waals surface area contributed by atoms with Crippen molar-refractivity contribution >= 4 is 11.4 Å². The number of pyridine rings is 2. The molecule has 3 aromatic rings. The standard InChI is InChI=1S/C12H16N2.C8H10N2O/c1-2-10-9-14-8-4-3-5-12(14)11(10)6-7-13;9-8(11)5-4-7-3-1-2-6-10-7/h3-5,8-9H,2,6-7,13H2,1H3;1-3,6H,4-5H2,(H2,9,11). The van der Waals surface area contributed by atoms with Crippen LogP contribution in [0.25, 0.3) is 5.52 Å². The molecule has 3 rings (SSSR count). The fourth-order valence-electron chi connectivity index (χ4n) is 2.77. The topological polar surface area (TPSA) is 86.4 Å².